The van der Waals surface area contributed by atoms with Gasteiger partial charge in [0.15, 0.2) is 6.61 Å². The SMILES string of the molecule is O=C(O)CCCCCCCCNC(=O)COc1cccc2c1C(=O)N(C1CCC(=O)NC1=O)C2=O. The lowest BCUT2D eigenvalue weighted by molar-refractivity contribution is -0.138. The maximum Gasteiger partial charge on any atom is 0.303 e. The van der Waals surface area contributed by atoms with E-state index in [4.69, 9.17) is 9.84 Å². The van der Waals surface area contributed by atoms with Crippen molar-refractivity contribution in [3.8, 4) is 5.75 Å². The van der Waals surface area contributed by atoms with E-state index in [1.165, 1.54) is 18.2 Å². The number of hydrogen-bond donors (Lipinski definition) is 3. The van der Waals surface area contributed by atoms with Crippen LogP contribution in [0.25, 0.3) is 0 Å². The minimum atomic E-state index is -1.08. The van der Waals surface area contributed by atoms with Crippen LogP contribution in [-0.4, -0.2) is 64.7 Å². The van der Waals surface area contributed by atoms with Gasteiger partial charge in [0.1, 0.15) is 11.8 Å². The van der Waals surface area contributed by atoms with Crippen LogP contribution in [0, 0.1) is 0 Å². The number of nitrogens with one attached hydrogen (secondary N) is 2. The van der Waals surface area contributed by atoms with Gasteiger partial charge in [0, 0.05) is 19.4 Å². The molecule has 2 heterocycles. The minimum absolute atomic E-state index is 0.00195. The van der Waals surface area contributed by atoms with Crippen LogP contribution < -0.4 is 15.4 Å². The average molecular weight is 488 g/mol. The molecule has 35 heavy (non-hydrogen) atoms. The van der Waals surface area contributed by atoms with Crippen molar-refractivity contribution in [1.29, 1.82) is 0 Å². The van der Waals surface area contributed by atoms with Crippen LogP contribution in [-0.2, 0) is 19.2 Å². The van der Waals surface area contributed by atoms with Crippen molar-refractivity contribution in [1.82, 2.24) is 15.5 Å². The van der Waals surface area contributed by atoms with Crippen LogP contribution in [0.15, 0.2) is 18.2 Å². The lowest BCUT2D eigenvalue weighted by Gasteiger charge is -2.27. The molecular weight excluding hydrogens is 458 g/mol. The monoisotopic (exact) mass is 487 g/mol. The van der Waals surface area contributed by atoms with Gasteiger partial charge >= 0.3 is 5.97 Å². The Kier molecular flexibility index (Phi) is 8.93. The molecule has 3 N–H and O–H groups in total. The molecule has 5 amide bonds. The second kappa shape index (κ2) is 12.1. The number of nitrogens with zero attached hydrogens (tertiary/aromatic N) is 1. The molecule has 1 aromatic rings. The summed E-state index contributed by atoms with van der Waals surface area (Å²) in [7, 11) is 0. The Labute approximate surface area is 202 Å². The Morgan fingerprint density at radius 1 is 1.03 bits per heavy atom. The van der Waals surface area contributed by atoms with Crippen LogP contribution in [0.3, 0.4) is 0 Å². The molecule has 2 aliphatic heterocycles. The number of unbranched alkanes of at least 4 members (excludes halogenated alkanes) is 5. The van der Waals surface area contributed by atoms with Crippen molar-refractivity contribution in [3.05, 3.63) is 29.3 Å². The number of aliphatic carboxylic acids is 1. The summed E-state index contributed by atoms with van der Waals surface area (Å²) < 4.78 is 5.54. The van der Waals surface area contributed by atoms with Crippen molar-refractivity contribution in [2.45, 2.75) is 63.8 Å². The Balaban J connectivity index is 1.45. The van der Waals surface area contributed by atoms with Crippen LogP contribution in [0.5, 0.6) is 5.75 Å². The molecule has 3 rings (SSSR count). The fourth-order valence-electron chi connectivity index (χ4n) is 4.13. The lowest BCUT2D eigenvalue weighted by atomic mass is 10.0. The topological polar surface area (TPSA) is 159 Å². The molecule has 188 valence electrons. The highest BCUT2D eigenvalue weighted by molar-refractivity contribution is 6.24. The van der Waals surface area contributed by atoms with Gasteiger partial charge in [-0.3, -0.25) is 39.0 Å². The van der Waals surface area contributed by atoms with E-state index < -0.39 is 35.6 Å². The van der Waals surface area contributed by atoms with Gasteiger partial charge in [-0.2, -0.15) is 0 Å². The molecule has 1 fully saturated rings. The highest BCUT2D eigenvalue weighted by Crippen LogP contribution is 2.33. The zero-order chi connectivity index (χ0) is 25.4. The number of carbonyl (C=O) groups excluding carboxylic acids is 5. The Morgan fingerprint density at radius 3 is 2.46 bits per heavy atom. The van der Waals surface area contributed by atoms with Gasteiger partial charge in [-0.05, 0) is 31.4 Å². The molecule has 1 unspecified atom stereocenters. The van der Waals surface area contributed by atoms with Crippen molar-refractivity contribution in [3.63, 3.8) is 0 Å². The number of imide groups is 2. The molecule has 11 heteroatoms. The second-order valence-electron chi connectivity index (χ2n) is 8.53. The molecule has 0 aliphatic carbocycles. The van der Waals surface area contributed by atoms with E-state index in [9.17, 15) is 28.8 Å². The normalized spacial score (nSPS) is 17.3. The predicted molar refractivity (Wildman–Crippen MR) is 122 cm³/mol. The zero-order valence-electron chi connectivity index (χ0n) is 19.3. The first-order valence-corrected chi connectivity index (χ1v) is 11.8. The molecule has 0 spiro atoms. The fraction of sp³-hybridized carbons (Fsp3) is 0.500. The van der Waals surface area contributed by atoms with Gasteiger partial charge in [-0.25, -0.2) is 0 Å². The summed E-state index contributed by atoms with van der Waals surface area (Å²) in [6, 6.07) is 3.39. The van der Waals surface area contributed by atoms with E-state index in [1.807, 2.05) is 0 Å². The molecule has 0 radical (unpaired) electrons. The van der Waals surface area contributed by atoms with Gasteiger partial charge in [0.05, 0.1) is 11.1 Å². The molecule has 0 bridgehead atoms. The number of amides is 5. The standard InChI is InChI=1S/C24H29N3O8/c28-18-12-11-16(22(32)26-18)27-23(33)15-8-7-9-17(21(15)24(27)34)35-14-19(29)25-13-6-4-2-1-3-5-10-20(30)31/h7-9,16H,1-6,10-14H2,(H,25,29)(H,30,31)(H,26,28,32). The first-order valence-electron chi connectivity index (χ1n) is 11.8. The summed E-state index contributed by atoms with van der Waals surface area (Å²) >= 11 is 0. The lowest BCUT2D eigenvalue weighted by Crippen LogP contribution is -2.54. The van der Waals surface area contributed by atoms with Crippen molar-refractivity contribution in [2.24, 2.45) is 0 Å². The number of rotatable bonds is 13. The summed E-state index contributed by atoms with van der Waals surface area (Å²) in [5.41, 5.74) is 0.0823. The van der Waals surface area contributed by atoms with E-state index in [-0.39, 0.29) is 48.7 Å². The number of ether oxygens (including phenoxy) is 1. The molecular formula is C24H29N3O8. The minimum Gasteiger partial charge on any atom is -0.483 e. The van der Waals surface area contributed by atoms with Crippen LogP contribution in [0.4, 0.5) is 0 Å². The number of benzene rings is 1. The third-order valence-electron chi connectivity index (χ3n) is 5.93. The summed E-state index contributed by atoms with van der Waals surface area (Å²) in [6.07, 6.45) is 5.41. The summed E-state index contributed by atoms with van der Waals surface area (Å²) in [6.45, 7) is 0.121. The van der Waals surface area contributed by atoms with E-state index in [2.05, 4.69) is 10.6 Å². The maximum absolute atomic E-state index is 13.0. The van der Waals surface area contributed by atoms with Crippen molar-refractivity contribution < 1.29 is 38.6 Å². The van der Waals surface area contributed by atoms with Gasteiger partial charge < -0.3 is 15.2 Å². The largest absolute Gasteiger partial charge is 0.483 e. The van der Waals surface area contributed by atoms with E-state index in [0.29, 0.717) is 13.0 Å². The number of carboxylic acid groups (broad SMARTS) is 1. The van der Waals surface area contributed by atoms with Crippen LogP contribution in [0.1, 0.15) is 78.5 Å². The quantitative estimate of drug-likeness (QED) is 0.278. The zero-order valence-corrected chi connectivity index (χ0v) is 19.3. The predicted octanol–water partition coefficient (Wildman–Crippen LogP) is 1.40. The number of carbonyl (C=O) groups is 6. The fourth-order valence-corrected chi connectivity index (χ4v) is 4.13. The van der Waals surface area contributed by atoms with E-state index >= 15 is 0 Å². The molecule has 1 aromatic carbocycles. The second-order valence-corrected chi connectivity index (χ2v) is 8.53. The van der Waals surface area contributed by atoms with Crippen LogP contribution >= 0.6 is 0 Å². The summed E-state index contributed by atoms with van der Waals surface area (Å²) in [5, 5.41) is 13.5. The molecule has 1 saturated heterocycles. The molecule has 2 aliphatic rings. The maximum atomic E-state index is 13.0. The third-order valence-corrected chi connectivity index (χ3v) is 5.93. The van der Waals surface area contributed by atoms with Gasteiger partial charge in [0.2, 0.25) is 11.8 Å². The smallest absolute Gasteiger partial charge is 0.303 e. The summed E-state index contributed by atoms with van der Waals surface area (Å²) in [4.78, 5) is 72.9. The number of fused-ring (bicyclic) bond motifs is 1. The Morgan fingerprint density at radius 2 is 1.74 bits per heavy atom. The van der Waals surface area contributed by atoms with Crippen LogP contribution in [0.2, 0.25) is 0 Å². The van der Waals surface area contributed by atoms with E-state index in [0.717, 1.165) is 37.0 Å². The first-order chi connectivity index (χ1) is 16.8. The molecule has 1 atom stereocenters. The van der Waals surface area contributed by atoms with Crippen molar-refractivity contribution >= 4 is 35.5 Å². The summed E-state index contributed by atoms with van der Waals surface area (Å²) in [5.74, 6) is -3.56. The Bertz CT molecular complexity index is 1020. The number of carboxylic acids is 1. The van der Waals surface area contributed by atoms with Gasteiger partial charge in [-0.15, -0.1) is 0 Å². The Hall–Kier alpha value is -3.76. The molecule has 11 nitrogen and oxygen atoms in total. The third kappa shape index (κ3) is 6.65. The number of hydrogen-bond acceptors (Lipinski definition) is 7. The molecule has 0 saturated carbocycles. The van der Waals surface area contributed by atoms with Gasteiger partial charge in [-0.1, -0.05) is 31.7 Å². The van der Waals surface area contributed by atoms with Gasteiger partial charge in [0.25, 0.3) is 17.7 Å². The first kappa shape index (κ1) is 25.9. The highest BCUT2D eigenvalue weighted by Gasteiger charge is 2.46. The highest BCUT2D eigenvalue weighted by atomic mass is 16.5. The average Bonchev–Trinajstić information content (AvgIpc) is 3.07. The number of piperidine rings is 1. The van der Waals surface area contributed by atoms with E-state index in [1.54, 1.807) is 0 Å². The molecule has 0 aromatic heterocycles. The van der Waals surface area contributed by atoms with Crippen molar-refractivity contribution in [2.75, 3.05) is 13.2 Å².